The molecule has 0 radical (unpaired) electrons. The lowest BCUT2D eigenvalue weighted by Gasteiger charge is -2.36. The van der Waals surface area contributed by atoms with Gasteiger partial charge in [0.05, 0.1) is 4.92 Å². The second-order valence-electron chi connectivity index (χ2n) is 6.41. The number of thiophene rings is 1. The van der Waals surface area contributed by atoms with Gasteiger partial charge >= 0.3 is 5.00 Å². The van der Waals surface area contributed by atoms with Gasteiger partial charge in [-0.3, -0.25) is 14.9 Å². The van der Waals surface area contributed by atoms with Crippen LogP contribution in [0.15, 0.2) is 16.3 Å². The van der Waals surface area contributed by atoms with E-state index in [-0.39, 0.29) is 34.1 Å². The number of piperazine rings is 1. The minimum absolute atomic E-state index is 0.0220. The molecule has 8 nitrogen and oxygen atoms in total. The first kappa shape index (κ1) is 18.3. The van der Waals surface area contributed by atoms with Gasteiger partial charge in [-0.25, -0.2) is 8.42 Å². The molecule has 25 heavy (non-hydrogen) atoms. The first-order valence-corrected chi connectivity index (χ1v) is 10.7. The molecule has 1 saturated carbocycles. The van der Waals surface area contributed by atoms with Crippen LogP contribution in [0.25, 0.3) is 0 Å². The SMILES string of the molecule is O=C(C1CCCCC1)N1CCN(S(=O)(=O)c2ccc([N+](=O)[O-])s2)CC1. The molecule has 0 spiro atoms. The summed E-state index contributed by atoms with van der Waals surface area (Å²) in [5.74, 6) is 0.223. The summed E-state index contributed by atoms with van der Waals surface area (Å²) in [6, 6.07) is 2.48. The molecule has 138 valence electrons. The van der Waals surface area contributed by atoms with Crippen molar-refractivity contribution in [3.05, 3.63) is 22.2 Å². The number of amides is 1. The van der Waals surface area contributed by atoms with Crippen molar-refractivity contribution >= 4 is 32.3 Å². The van der Waals surface area contributed by atoms with E-state index in [1.54, 1.807) is 4.90 Å². The van der Waals surface area contributed by atoms with Crippen molar-refractivity contribution in [3.63, 3.8) is 0 Å². The summed E-state index contributed by atoms with van der Waals surface area (Å²) >= 11 is 0.662. The molecule has 10 heteroatoms. The van der Waals surface area contributed by atoms with Crippen molar-refractivity contribution < 1.29 is 18.1 Å². The highest BCUT2D eigenvalue weighted by atomic mass is 32.2. The van der Waals surface area contributed by atoms with Crippen molar-refractivity contribution in [2.75, 3.05) is 26.2 Å². The highest BCUT2D eigenvalue weighted by Crippen LogP contribution is 2.31. The molecule has 0 aromatic carbocycles. The van der Waals surface area contributed by atoms with Crippen LogP contribution in [0, 0.1) is 16.0 Å². The maximum atomic E-state index is 12.6. The molecule has 0 atom stereocenters. The molecule has 1 aliphatic heterocycles. The maximum absolute atomic E-state index is 12.6. The van der Waals surface area contributed by atoms with E-state index < -0.39 is 14.9 Å². The molecule has 0 bridgehead atoms. The van der Waals surface area contributed by atoms with Crippen LogP contribution in [-0.4, -0.2) is 54.6 Å². The number of nitrogens with zero attached hydrogens (tertiary/aromatic N) is 3. The van der Waals surface area contributed by atoms with Gasteiger partial charge in [-0.2, -0.15) is 4.31 Å². The summed E-state index contributed by atoms with van der Waals surface area (Å²) in [5, 5.41) is 10.6. The number of sulfonamides is 1. The summed E-state index contributed by atoms with van der Waals surface area (Å²) in [6.45, 7) is 1.21. The first-order chi connectivity index (χ1) is 11.9. The van der Waals surface area contributed by atoms with E-state index in [9.17, 15) is 23.3 Å². The molecule has 1 aromatic heterocycles. The predicted molar refractivity (Wildman–Crippen MR) is 92.9 cm³/mol. The van der Waals surface area contributed by atoms with E-state index in [0.29, 0.717) is 24.4 Å². The third kappa shape index (κ3) is 3.85. The fourth-order valence-corrected chi connectivity index (χ4v) is 6.12. The first-order valence-electron chi connectivity index (χ1n) is 8.43. The smallest absolute Gasteiger partial charge is 0.325 e. The van der Waals surface area contributed by atoms with Crippen LogP contribution in [-0.2, 0) is 14.8 Å². The number of carbonyl (C=O) groups excluding carboxylic acids is 1. The Balaban J connectivity index is 1.62. The minimum Gasteiger partial charge on any atom is -0.340 e. The fourth-order valence-electron chi connectivity index (χ4n) is 3.43. The van der Waals surface area contributed by atoms with E-state index in [4.69, 9.17) is 0 Å². The molecule has 1 amide bonds. The Morgan fingerprint density at radius 2 is 1.76 bits per heavy atom. The zero-order valence-electron chi connectivity index (χ0n) is 13.8. The molecule has 2 heterocycles. The quantitative estimate of drug-likeness (QED) is 0.581. The van der Waals surface area contributed by atoms with E-state index in [1.165, 1.54) is 22.9 Å². The van der Waals surface area contributed by atoms with Crippen molar-refractivity contribution in [1.82, 2.24) is 9.21 Å². The average Bonchev–Trinajstić information content (AvgIpc) is 3.13. The lowest BCUT2D eigenvalue weighted by molar-refractivity contribution is -0.380. The second-order valence-corrected chi connectivity index (χ2v) is 9.64. The van der Waals surface area contributed by atoms with Gasteiger partial charge in [-0.15, -0.1) is 0 Å². The van der Waals surface area contributed by atoms with Crippen molar-refractivity contribution in [2.45, 2.75) is 36.3 Å². The van der Waals surface area contributed by atoms with Crippen molar-refractivity contribution in [1.29, 1.82) is 0 Å². The van der Waals surface area contributed by atoms with Gasteiger partial charge in [-0.05, 0) is 30.2 Å². The van der Waals surface area contributed by atoms with Gasteiger partial charge in [0.25, 0.3) is 10.0 Å². The molecule has 2 aliphatic rings. The Morgan fingerprint density at radius 3 is 2.32 bits per heavy atom. The van der Waals surface area contributed by atoms with Gasteiger partial charge in [0.1, 0.15) is 4.21 Å². The topological polar surface area (TPSA) is 101 Å². The van der Waals surface area contributed by atoms with Crippen LogP contribution in [0.3, 0.4) is 0 Å². The average molecular weight is 387 g/mol. The van der Waals surface area contributed by atoms with Crippen LogP contribution >= 0.6 is 11.3 Å². The Bertz CT molecular complexity index is 747. The van der Waals surface area contributed by atoms with Gasteiger partial charge in [0, 0.05) is 38.2 Å². The maximum Gasteiger partial charge on any atom is 0.325 e. The predicted octanol–water partition coefficient (Wildman–Crippen LogP) is 2.07. The lowest BCUT2D eigenvalue weighted by Crippen LogP contribution is -2.51. The van der Waals surface area contributed by atoms with E-state index in [0.717, 1.165) is 25.7 Å². The number of hydrogen-bond donors (Lipinski definition) is 0. The summed E-state index contributed by atoms with van der Waals surface area (Å²) in [5.41, 5.74) is 0. The summed E-state index contributed by atoms with van der Waals surface area (Å²) in [4.78, 5) is 24.5. The van der Waals surface area contributed by atoms with Gasteiger partial charge in [-0.1, -0.05) is 19.3 Å². The zero-order valence-corrected chi connectivity index (χ0v) is 15.4. The third-order valence-electron chi connectivity index (χ3n) is 4.85. The fraction of sp³-hybridized carbons (Fsp3) is 0.667. The third-order valence-corrected chi connectivity index (χ3v) is 8.25. The van der Waals surface area contributed by atoms with Crippen LogP contribution in [0.4, 0.5) is 5.00 Å². The summed E-state index contributed by atoms with van der Waals surface area (Å²) in [6.07, 6.45) is 5.21. The standard InChI is InChI=1S/C15H21N3O5S2/c19-15(12-4-2-1-3-5-12)16-8-10-17(11-9-16)25(22,23)14-7-6-13(24-14)18(20)21/h6-7,12H,1-5,8-11H2. The van der Waals surface area contributed by atoms with Gasteiger partial charge in [0.15, 0.2) is 0 Å². The largest absolute Gasteiger partial charge is 0.340 e. The highest BCUT2D eigenvalue weighted by molar-refractivity contribution is 7.91. The molecule has 1 aromatic rings. The Morgan fingerprint density at radius 1 is 1.12 bits per heavy atom. The van der Waals surface area contributed by atoms with Crippen LogP contribution < -0.4 is 0 Å². The van der Waals surface area contributed by atoms with E-state index in [1.807, 2.05) is 0 Å². The Hall–Kier alpha value is -1.52. The molecule has 3 rings (SSSR count). The molecular weight excluding hydrogens is 366 g/mol. The highest BCUT2D eigenvalue weighted by Gasteiger charge is 2.34. The molecular formula is C15H21N3O5S2. The monoisotopic (exact) mass is 387 g/mol. The number of nitro groups is 1. The number of hydrogen-bond acceptors (Lipinski definition) is 6. The molecule has 1 aliphatic carbocycles. The van der Waals surface area contributed by atoms with Crippen LogP contribution in [0.1, 0.15) is 32.1 Å². The van der Waals surface area contributed by atoms with Crippen molar-refractivity contribution in [2.24, 2.45) is 5.92 Å². The Labute approximate surface area is 150 Å². The number of carbonyl (C=O) groups is 1. The summed E-state index contributed by atoms with van der Waals surface area (Å²) < 4.78 is 26.5. The minimum atomic E-state index is -3.74. The second kappa shape index (κ2) is 7.38. The molecule has 1 saturated heterocycles. The molecule has 0 N–H and O–H groups in total. The van der Waals surface area contributed by atoms with Crippen LogP contribution in [0.5, 0.6) is 0 Å². The Kier molecular flexibility index (Phi) is 5.40. The lowest BCUT2D eigenvalue weighted by atomic mass is 9.88. The molecule has 0 unspecified atom stereocenters. The van der Waals surface area contributed by atoms with E-state index in [2.05, 4.69) is 0 Å². The van der Waals surface area contributed by atoms with E-state index >= 15 is 0 Å². The molecule has 2 fully saturated rings. The zero-order chi connectivity index (χ0) is 18.0. The normalized spacial score (nSPS) is 20.6. The van der Waals surface area contributed by atoms with Crippen LogP contribution in [0.2, 0.25) is 0 Å². The van der Waals surface area contributed by atoms with Gasteiger partial charge in [0.2, 0.25) is 5.91 Å². The van der Waals surface area contributed by atoms with Gasteiger partial charge < -0.3 is 4.90 Å². The van der Waals surface area contributed by atoms with Crippen molar-refractivity contribution in [3.8, 4) is 0 Å². The summed E-state index contributed by atoms with van der Waals surface area (Å²) in [7, 11) is -3.74. The number of rotatable bonds is 4.